The summed E-state index contributed by atoms with van der Waals surface area (Å²) in [7, 11) is 2.59. The minimum Gasteiger partial charge on any atom is -0.494 e. The molecule has 3 aromatic carbocycles. The van der Waals surface area contributed by atoms with Crippen molar-refractivity contribution in [1.29, 1.82) is 0 Å². The molecule has 0 unspecified atom stereocenters. The van der Waals surface area contributed by atoms with Gasteiger partial charge in [-0.2, -0.15) is 0 Å². The van der Waals surface area contributed by atoms with Gasteiger partial charge in [-0.25, -0.2) is 9.59 Å². The minimum atomic E-state index is -1.70. The molecule has 0 amide bonds. The van der Waals surface area contributed by atoms with E-state index in [9.17, 15) is 19.7 Å². The molecule has 1 heterocycles. The highest BCUT2D eigenvalue weighted by Gasteiger charge is 2.52. The first kappa shape index (κ1) is 21.8. The van der Waals surface area contributed by atoms with Gasteiger partial charge in [0.15, 0.2) is 6.10 Å². The van der Waals surface area contributed by atoms with Crippen LogP contribution in [0.15, 0.2) is 72.8 Å². The van der Waals surface area contributed by atoms with Crippen molar-refractivity contribution < 1.29 is 28.7 Å². The van der Waals surface area contributed by atoms with E-state index in [0.29, 0.717) is 5.56 Å². The summed E-state index contributed by atoms with van der Waals surface area (Å²) in [6.07, 6.45) is 1.65. The number of hydrogen-bond acceptors (Lipinski definition) is 8. The summed E-state index contributed by atoms with van der Waals surface area (Å²) in [4.78, 5) is 36.0. The average molecular weight is 448 g/mol. The average Bonchev–Trinajstić information content (AvgIpc) is 3.28. The maximum Gasteiger partial charge on any atom is 0.340 e. The first-order valence-electron chi connectivity index (χ1n) is 9.96. The number of ether oxygens (including phenoxy) is 3. The van der Waals surface area contributed by atoms with Gasteiger partial charge < -0.3 is 19.5 Å². The van der Waals surface area contributed by atoms with Gasteiger partial charge in [-0.05, 0) is 34.5 Å². The van der Waals surface area contributed by atoms with Crippen molar-refractivity contribution in [3.8, 4) is 5.75 Å². The highest BCUT2D eigenvalue weighted by molar-refractivity contribution is 5.93. The van der Waals surface area contributed by atoms with Crippen molar-refractivity contribution in [2.24, 2.45) is 0 Å². The predicted molar refractivity (Wildman–Crippen MR) is 120 cm³/mol. The van der Waals surface area contributed by atoms with Crippen LogP contribution in [-0.2, 0) is 24.6 Å². The zero-order valence-corrected chi connectivity index (χ0v) is 17.8. The number of esters is 2. The fourth-order valence-electron chi connectivity index (χ4n) is 3.90. The molecule has 0 aliphatic carbocycles. The van der Waals surface area contributed by atoms with E-state index in [2.05, 4.69) is 5.32 Å². The molecule has 0 radical (unpaired) electrons. The number of benzene rings is 3. The molecule has 168 valence electrons. The number of nitrogens with one attached hydrogen (secondary N) is 1. The van der Waals surface area contributed by atoms with Crippen molar-refractivity contribution in [1.82, 2.24) is 0 Å². The monoisotopic (exact) mass is 448 g/mol. The Balaban J connectivity index is 1.93. The maximum atomic E-state index is 13.4. The smallest absolute Gasteiger partial charge is 0.340 e. The number of non-ortho nitro benzene ring substituents is 1. The minimum absolute atomic E-state index is 0.131. The van der Waals surface area contributed by atoms with Gasteiger partial charge >= 0.3 is 11.9 Å². The second-order valence-corrected chi connectivity index (χ2v) is 7.34. The second kappa shape index (κ2) is 8.62. The summed E-state index contributed by atoms with van der Waals surface area (Å²) < 4.78 is 16.0. The Morgan fingerprint density at radius 2 is 1.85 bits per heavy atom. The lowest BCUT2D eigenvalue weighted by Crippen LogP contribution is -2.53. The van der Waals surface area contributed by atoms with E-state index in [0.717, 1.165) is 10.8 Å². The van der Waals surface area contributed by atoms with Crippen LogP contribution in [0.1, 0.15) is 5.56 Å². The molecule has 0 spiro atoms. The number of anilines is 1. The first-order chi connectivity index (χ1) is 15.9. The van der Waals surface area contributed by atoms with Crippen LogP contribution in [0, 0.1) is 10.1 Å². The third-order valence-electron chi connectivity index (χ3n) is 5.52. The second-order valence-electron chi connectivity index (χ2n) is 7.34. The van der Waals surface area contributed by atoms with E-state index in [1.807, 2.05) is 30.3 Å². The van der Waals surface area contributed by atoms with E-state index in [1.54, 1.807) is 12.1 Å². The lowest BCUT2D eigenvalue weighted by molar-refractivity contribution is -0.384. The van der Waals surface area contributed by atoms with Gasteiger partial charge in [-0.15, -0.1) is 0 Å². The van der Waals surface area contributed by atoms with Crippen LogP contribution < -0.4 is 10.1 Å². The number of rotatable bonds is 7. The van der Waals surface area contributed by atoms with Crippen molar-refractivity contribution >= 4 is 34.1 Å². The van der Waals surface area contributed by atoms with E-state index in [-0.39, 0.29) is 17.1 Å². The Bertz CT molecular complexity index is 1290. The van der Waals surface area contributed by atoms with E-state index in [1.165, 1.54) is 44.6 Å². The van der Waals surface area contributed by atoms with Crippen LogP contribution in [0.3, 0.4) is 0 Å². The summed E-state index contributed by atoms with van der Waals surface area (Å²) in [5, 5.41) is 16.1. The summed E-state index contributed by atoms with van der Waals surface area (Å²) in [6.45, 7) is 0. The molecule has 3 aromatic rings. The quantitative estimate of drug-likeness (QED) is 0.330. The molecule has 1 aliphatic heterocycles. The number of nitrogens with zero attached hydrogens (tertiary/aromatic N) is 1. The van der Waals surface area contributed by atoms with Gasteiger partial charge in [-0.3, -0.25) is 10.1 Å². The lowest BCUT2D eigenvalue weighted by Gasteiger charge is -2.37. The molecular weight excluding hydrogens is 428 g/mol. The molecule has 2 atom stereocenters. The summed E-state index contributed by atoms with van der Waals surface area (Å²) in [5.74, 6) is -1.19. The van der Waals surface area contributed by atoms with E-state index < -0.39 is 28.5 Å². The Labute approximate surface area is 188 Å². The Kier molecular flexibility index (Phi) is 5.70. The van der Waals surface area contributed by atoms with Crippen LogP contribution in [0.2, 0.25) is 0 Å². The van der Waals surface area contributed by atoms with Crippen LogP contribution in [0.25, 0.3) is 10.8 Å². The molecule has 0 fully saturated rings. The standard InChI is InChI=1S/C24H20N2O7/c1-31-20-14-18(26(29)30)9-10-19(20)25-24(23(28)32-2,21-11-12-22(27)33-21)17-8-7-15-5-3-4-6-16(15)13-17/h3-14,21,25H,1-2H3/t21-,24+/m1/s1. The van der Waals surface area contributed by atoms with Gasteiger partial charge in [0.2, 0.25) is 5.54 Å². The fraction of sp³-hybridized carbons (Fsp3) is 0.167. The SMILES string of the molecule is COC(=O)[C@](Nc1ccc([N+](=O)[O-])cc1OC)(c1ccc2ccccc2c1)[C@H]1C=CC(=O)O1. The van der Waals surface area contributed by atoms with Crippen LogP contribution >= 0.6 is 0 Å². The number of hydrogen-bond donors (Lipinski definition) is 1. The van der Waals surface area contributed by atoms with Gasteiger partial charge in [-0.1, -0.05) is 36.4 Å². The molecule has 4 rings (SSSR count). The van der Waals surface area contributed by atoms with Gasteiger partial charge in [0.25, 0.3) is 5.69 Å². The summed E-state index contributed by atoms with van der Waals surface area (Å²) in [5.41, 5.74) is -1.14. The molecule has 9 nitrogen and oxygen atoms in total. The first-order valence-corrected chi connectivity index (χ1v) is 9.96. The van der Waals surface area contributed by atoms with E-state index >= 15 is 0 Å². The van der Waals surface area contributed by atoms with Gasteiger partial charge in [0.1, 0.15) is 5.75 Å². The normalized spacial score (nSPS) is 16.7. The molecular formula is C24H20N2O7. The number of nitro benzene ring substituents is 1. The van der Waals surface area contributed by atoms with Crippen LogP contribution in [0.4, 0.5) is 11.4 Å². The highest BCUT2D eigenvalue weighted by Crippen LogP contribution is 2.40. The van der Waals surface area contributed by atoms with Gasteiger partial charge in [0.05, 0.1) is 30.9 Å². The Morgan fingerprint density at radius 1 is 1.09 bits per heavy atom. The topological polar surface area (TPSA) is 117 Å². The highest BCUT2D eigenvalue weighted by atomic mass is 16.6. The molecule has 0 saturated carbocycles. The van der Waals surface area contributed by atoms with Crippen molar-refractivity contribution in [3.63, 3.8) is 0 Å². The van der Waals surface area contributed by atoms with Crippen molar-refractivity contribution in [2.45, 2.75) is 11.6 Å². The Morgan fingerprint density at radius 3 is 2.48 bits per heavy atom. The third kappa shape index (κ3) is 3.84. The number of carbonyl (C=O) groups excluding carboxylic acids is 2. The van der Waals surface area contributed by atoms with E-state index in [4.69, 9.17) is 14.2 Å². The predicted octanol–water partition coefficient (Wildman–Crippen LogP) is 3.72. The van der Waals surface area contributed by atoms with Gasteiger partial charge in [0, 0.05) is 12.1 Å². The number of cyclic esters (lactones) is 1. The number of nitro groups is 1. The number of carbonyl (C=O) groups is 2. The molecule has 1 aliphatic rings. The van der Waals surface area contributed by atoms with Crippen LogP contribution in [0.5, 0.6) is 5.75 Å². The molecule has 1 N–H and O–H groups in total. The zero-order valence-electron chi connectivity index (χ0n) is 17.8. The zero-order chi connectivity index (χ0) is 23.6. The Hall–Kier alpha value is -4.40. The molecule has 0 aromatic heterocycles. The van der Waals surface area contributed by atoms with Crippen LogP contribution in [-0.4, -0.2) is 37.2 Å². The molecule has 0 bridgehead atoms. The molecule has 0 saturated heterocycles. The fourth-order valence-corrected chi connectivity index (χ4v) is 3.90. The number of fused-ring (bicyclic) bond motifs is 1. The largest absolute Gasteiger partial charge is 0.494 e. The molecule has 9 heteroatoms. The maximum absolute atomic E-state index is 13.4. The molecule has 33 heavy (non-hydrogen) atoms. The van der Waals surface area contributed by atoms with Crippen molar-refractivity contribution in [3.05, 3.63) is 88.5 Å². The lowest BCUT2D eigenvalue weighted by atomic mass is 9.82. The summed E-state index contributed by atoms with van der Waals surface area (Å²) >= 11 is 0. The van der Waals surface area contributed by atoms with Crippen molar-refractivity contribution in [2.75, 3.05) is 19.5 Å². The third-order valence-corrected chi connectivity index (χ3v) is 5.52. The summed E-state index contributed by atoms with van der Waals surface area (Å²) in [6, 6.07) is 16.9. The number of methoxy groups -OCH3 is 2.